The van der Waals surface area contributed by atoms with Crippen LogP contribution >= 0.6 is 0 Å². The van der Waals surface area contributed by atoms with E-state index < -0.39 is 0 Å². The first-order chi connectivity index (χ1) is 10.2. The molecule has 0 radical (unpaired) electrons. The third kappa shape index (κ3) is 2.52. The van der Waals surface area contributed by atoms with Crippen molar-refractivity contribution >= 4 is 11.0 Å². The molecule has 0 saturated carbocycles. The maximum atomic E-state index is 10.5. The normalized spacial score (nSPS) is 10.9. The molecular formula is C17H17N3O. The van der Waals surface area contributed by atoms with Gasteiger partial charge >= 0.3 is 0 Å². The van der Waals surface area contributed by atoms with Crippen LogP contribution in [0.5, 0.6) is 5.75 Å². The van der Waals surface area contributed by atoms with E-state index in [0.717, 1.165) is 35.0 Å². The number of nitrogens with zero attached hydrogens (tertiary/aromatic N) is 3. The van der Waals surface area contributed by atoms with Crippen molar-refractivity contribution in [3.05, 3.63) is 60.2 Å². The molecule has 21 heavy (non-hydrogen) atoms. The molecule has 0 unspecified atom stereocenters. The molecule has 1 heterocycles. The quantitative estimate of drug-likeness (QED) is 0.743. The van der Waals surface area contributed by atoms with Crippen molar-refractivity contribution in [2.75, 3.05) is 0 Å². The largest absolute Gasteiger partial charge is 0.505 e. The number of fused-ring (bicyclic) bond motifs is 1. The molecule has 0 atom stereocenters. The van der Waals surface area contributed by atoms with E-state index in [2.05, 4.69) is 16.8 Å². The SMILES string of the molecule is C=CCCc1cc(C)cc(-n2nc3ccccc3n2)c1O. The first-order valence-electron chi connectivity index (χ1n) is 6.95. The van der Waals surface area contributed by atoms with Crippen LogP contribution in [0.3, 0.4) is 0 Å². The highest BCUT2D eigenvalue weighted by atomic mass is 16.3. The maximum absolute atomic E-state index is 10.5. The van der Waals surface area contributed by atoms with Crippen LogP contribution in [0.2, 0.25) is 0 Å². The van der Waals surface area contributed by atoms with E-state index in [1.807, 2.05) is 49.4 Å². The van der Waals surface area contributed by atoms with Crippen LogP contribution in [0.1, 0.15) is 17.5 Å². The van der Waals surface area contributed by atoms with Gasteiger partial charge in [-0.2, -0.15) is 0 Å². The zero-order valence-corrected chi connectivity index (χ0v) is 12.0. The van der Waals surface area contributed by atoms with Gasteiger partial charge in [-0.15, -0.1) is 21.6 Å². The molecule has 0 bridgehead atoms. The predicted molar refractivity (Wildman–Crippen MR) is 83.8 cm³/mol. The minimum absolute atomic E-state index is 0.239. The van der Waals surface area contributed by atoms with Gasteiger partial charge in [-0.25, -0.2) is 0 Å². The summed E-state index contributed by atoms with van der Waals surface area (Å²) in [6, 6.07) is 11.5. The summed E-state index contributed by atoms with van der Waals surface area (Å²) in [6.45, 7) is 5.73. The lowest BCUT2D eigenvalue weighted by molar-refractivity contribution is 0.460. The molecule has 3 aromatic rings. The fourth-order valence-electron chi connectivity index (χ4n) is 2.40. The van der Waals surface area contributed by atoms with Gasteiger partial charge in [0.1, 0.15) is 22.5 Å². The Morgan fingerprint density at radius 3 is 2.48 bits per heavy atom. The van der Waals surface area contributed by atoms with Gasteiger partial charge in [-0.3, -0.25) is 0 Å². The fraction of sp³-hybridized carbons (Fsp3) is 0.176. The third-order valence-corrected chi connectivity index (χ3v) is 3.43. The smallest absolute Gasteiger partial charge is 0.146 e. The van der Waals surface area contributed by atoms with Crippen LogP contribution in [0.4, 0.5) is 0 Å². The highest BCUT2D eigenvalue weighted by molar-refractivity contribution is 5.73. The lowest BCUT2D eigenvalue weighted by atomic mass is 10.0. The molecule has 3 rings (SSSR count). The zero-order valence-electron chi connectivity index (χ0n) is 12.0. The van der Waals surface area contributed by atoms with Crippen LogP contribution in [0, 0.1) is 6.92 Å². The second-order valence-corrected chi connectivity index (χ2v) is 5.10. The van der Waals surface area contributed by atoms with Gasteiger partial charge in [0, 0.05) is 0 Å². The Labute approximate surface area is 123 Å². The van der Waals surface area contributed by atoms with E-state index in [1.54, 1.807) is 0 Å². The Bertz CT molecular complexity index is 772. The van der Waals surface area contributed by atoms with Crippen LogP contribution in [-0.2, 0) is 6.42 Å². The summed E-state index contributed by atoms with van der Waals surface area (Å²) >= 11 is 0. The van der Waals surface area contributed by atoms with E-state index in [1.165, 1.54) is 4.80 Å². The third-order valence-electron chi connectivity index (χ3n) is 3.43. The van der Waals surface area contributed by atoms with Gasteiger partial charge in [0.15, 0.2) is 0 Å². The maximum Gasteiger partial charge on any atom is 0.146 e. The number of hydrogen-bond acceptors (Lipinski definition) is 3. The molecule has 0 spiro atoms. The molecular weight excluding hydrogens is 262 g/mol. The summed E-state index contributed by atoms with van der Waals surface area (Å²) in [5.74, 6) is 0.239. The Morgan fingerprint density at radius 2 is 1.86 bits per heavy atom. The summed E-state index contributed by atoms with van der Waals surface area (Å²) in [5.41, 5.74) is 4.21. The van der Waals surface area contributed by atoms with E-state index in [4.69, 9.17) is 0 Å². The number of phenolic OH excluding ortho intramolecular Hbond substituents is 1. The molecule has 1 aromatic heterocycles. The second kappa shape index (κ2) is 5.40. The van der Waals surface area contributed by atoms with Crippen molar-refractivity contribution in [1.29, 1.82) is 0 Å². The molecule has 0 amide bonds. The van der Waals surface area contributed by atoms with Crippen LogP contribution in [0.15, 0.2) is 49.1 Å². The number of allylic oxidation sites excluding steroid dienone is 1. The molecule has 4 nitrogen and oxygen atoms in total. The minimum Gasteiger partial charge on any atom is -0.505 e. The molecule has 0 aliphatic heterocycles. The molecule has 0 aliphatic carbocycles. The Morgan fingerprint density at radius 1 is 1.19 bits per heavy atom. The summed E-state index contributed by atoms with van der Waals surface area (Å²) < 4.78 is 0. The highest BCUT2D eigenvalue weighted by Gasteiger charge is 2.13. The monoisotopic (exact) mass is 279 g/mol. The molecule has 2 aromatic carbocycles. The number of aryl methyl sites for hydroxylation is 2. The predicted octanol–water partition coefficient (Wildman–Crippen LogP) is 3.55. The van der Waals surface area contributed by atoms with Crippen LogP contribution in [0.25, 0.3) is 16.7 Å². The summed E-state index contributed by atoms with van der Waals surface area (Å²) in [6.07, 6.45) is 3.43. The van der Waals surface area contributed by atoms with E-state index in [9.17, 15) is 5.11 Å². The molecule has 0 aliphatic rings. The molecule has 4 heteroatoms. The topological polar surface area (TPSA) is 50.9 Å². The number of aromatic hydroxyl groups is 1. The molecule has 0 saturated heterocycles. The highest BCUT2D eigenvalue weighted by Crippen LogP contribution is 2.28. The van der Waals surface area contributed by atoms with Crippen molar-refractivity contribution in [1.82, 2.24) is 15.0 Å². The minimum atomic E-state index is 0.239. The van der Waals surface area contributed by atoms with Crippen molar-refractivity contribution in [2.45, 2.75) is 19.8 Å². The van der Waals surface area contributed by atoms with Gasteiger partial charge in [-0.05, 0) is 49.1 Å². The van der Waals surface area contributed by atoms with E-state index in [0.29, 0.717) is 5.69 Å². The van der Waals surface area contributed by atoms with E-state index in [-0.39, 0.29) is 5.75 Å². The average Bonchev–Trinajstić information content (AvgIpc) is 2.91. The Balaban J connectivity index is 2.12. The first-order valence-corrected chi connectivity index (χ1v) is 6.95. The summed E-state index contributed by atoms with van der Waals surface area (Å²) in [7, 11) is 0. The van der Waals surface area contributed by atoms with Gasteiger partial charge < -0.3 is 5.11 Å². The molecule has 106 valence electrons. The van der Waals surface area contributed by atoms with E-state index >= 15 is 0 Å². The van der Waals surface area contributed by atoms with Crippen molar-refractivity contribution in [3.8, 4) is 11.4 Å². The summed E-state index contributed by atoms with van der Waals surface area (Å²) in [4.78, 5) is 1.50. The van der Waals surface area contributed by atoms with Crippen LogP contribution in [-0.4, -0.2) is 20.1 Å². The number of aromatic nitrogens is 3. The van der Waals surface area contributed by atoms with Gasteiger partial charge in [0.25, 0.3) is 0 Å². The second-order valence-electron chi connectivity index (χ2n) is 5.10. The summed E-state index contributed by atoms with van der Waals surface area (Å²) in [5, 5.41) is 19.3. The zero-order chi connectivity index (χ0) is 14.8. The number of benzene rings is 2. The van der Waals surface area contributed by atoms with Crippen LogP contribution < -0.4 is 0 Å². The number of rotatable bonds is 4. The number of phenols is 1. The Kier molecular flexibility index (Phi) is 3.44. The van der Waals surface area contributed by atoms with Gasteiger partial charge in [-0.1, -0.05) is 24.3 Å². The average molecular weight is 279 g/mol. The lowest BCUT2D eigenvalue weighted by Crippen LogP contribution is -2.01. The molecule has 0 fully saturated rings. The standard InChI is InChI=1S/C17H17N3O/c1-3-4-7-13-10-12(2)11-16(17(13)21)20-18-14-8-5-6-9-15(14)19-20/h3,5-6,8-11,21H,1,4,7H2,2H3. The lowest BCUT2D eigenvalue weighted by Gasteiger charge is -2.10. The Hall–Kier alpha value is -2.62. The van der Waals surface area contributed by atoms with Gasteiger partial charge in [0.2, 0.25) is 0 Å². The van der Waals surface area contributed by atoms with Gasteiger partial charge in [0.05, 0.1) is 0 Å². The van der Waals surface area contributed by atoms with Crippen molar-refractivity contribution in [2.24, 2.45) is 0 Å². The van der Waals surface area contributed by atoms with Crippen molar-refractivity contribution < 1.29 is 5.11 Å². The first kappa shape index (κ1) is 13.4. The van der Waals surface area contributed by atoms with Crippen molar-refractivity contribution in [3.63, 3.8) is 0 Å². The number of hydrogen-bond donors (Lipinski definition) is 1. The molecule has 1 N–H and O–H groups in total. The fourth-order valence-corrected chi connectivity index (χ4v) is 2.40.